The maximum atomic E-state index is 12.8. The van der Waals surface area contributed by atoms with E-state index in [9.17, 15) is 9.18 Å². The van der Waals surface area contributed by atoms with E-state index in [-0.39, 0.29) is 11.7 Å². The molecule has 0 bridgehead atoms. The Hall–Kier alpha value is -1.58. The van der Waals surface area contributed by atoms with Crippen molar-refractivity contribution < 1.29 is 9.18 Å². The van der Waals surface area contributed by atoms with Crippen molar-refractivity contribution >= 4 is 11.6 Å². The first-order valence-electron chi connectivity index (χ1n) is 5.29. The molecule has 3 nitrogen and oxygen atoms in total. The normalized spacial score (nSPS) is 9.94. The second-order valence-electron chi connectivity index (χ2n) is 3.83. The average molecular weight is 224 g/mol. The summed E-state index contributed by atoms with van der Waals surface area (Å²) in [6, 6.07) is 6.30. The molecular formula is C12H17FN2O. The Balaban J connectivity index is 2.23. The number of nitrogens with one attached hydrogen (secondary N) is 1. The minimum Gasteiger partial charge on any atom is -0.385 e. The lowest BCUT2D eigenvalue weighted by atomic mass is 10.2. The predicted octanol–water partition coefficient (Wildman–Crippen LogP) is 2.11. The standard InChI is InChI=1S/C12H17FN2O/c1-15(2)12(16)7-4-8-14-11-6-3-5-10(13)9-11/h3,5-6,9,14H,4,7-8H2,1-2H3. The number of anilines is 1. The maximum absolute atomic E-state index is 12.8. The van der Waals surface area contributed by atoms with E-state index < -0.39 is 0 Å². The minimum atomic E-state index is -0.255. The lowest BCUT2D eigenvalue weighted by molar-refractivity contribution is -0.128. The van der Waals surface area contributed by atoms with Crippen molar-refractivity contribution in [3.05, 3.63) is 30.1 Å². The summed E-state index contributed by atoms with van der Waals surface area (Å²) in [5.41, 5.74) is 0.748. The lowest BCUT2D eigenvalue weighted by Crippen LogP contribution is -2.22. The van der Waals surface area contributed by atoms with Gasteiger partial charge in [-0.1, -0.05) is 6.07 Å². The van der Waals surface area contributed by atoms with Crippen LogP contribution in [0, 0.1) is 5.82 Å². The first kappa shape index (κ1) is 12.5. The third-order valence-corrected chi connectivity index (χ3v) is 2.22. The van der Waals surface area contributed by atoms with Crippen LogP contribution < -0.4 is 5.32 Å². The van der Waals surface area contributed by atoms with Crippen LogP contribution in [0.15, 0.2) is 24.3 Å². The highest BCUT2D eigenvalue weighted by atomic mass is 19.1. The zero-order valence-electron chi connectivity index (χ0n) is 9.66. The molecule has 0 unspecified atom stereocenters. The Kier molecular flexibility index (Phi) is 4.76. The van der Waals surface area contributed by atoms with E-state index in [1.807, 2.05) is 0 Å². The number of carbonyl (C=O) groups excluding carboxylic acids is 1. The van der Waals surface area contributed by atoms with E-state index in [1.165, 1.54) is 12.1 Å². The van der Waals surface area contributed by atoms with Gasteiger partial charge in [-0.3, -0.25) is 4.79 Å². The second kappa shape index (κ2) is 6.10. The van der Waals surface area contributed by atoms with Crippen molar-refractivity contribution in [2.24, 2.45) is 0 Å². The molecular weight excluding hydrogens is 207 g/mol. The van der Waals surface area contributed by atoms with Gasteiger partial charge >= 0.3 is 0 Å². The van der Waals surface area contributed by atoms with Crippen molar-refractivity contribution in [1.82, 2.24) is 4.90 Å². The number of hydrogen-bond acceptors (Lipinski definition) is 2. The molecule has 0 radical (unpaired) electrons. The summed E-state index contributed by atoms with van der Waals surface area (Å²) in [7, 11) is 3.48. The SMILES string of the molecule is CN(C)C(=O)CCCNc1cccc(F)c1. The average Bonchev–Trinajstić information content (AvgIpc) is 2.24. The Morgan fingerprint density at radius 2 is 2.19 bits per heavy atom. The number of rotatable bonds is 5. The van der Waals surface area contributed by atoms with Crippen LogP contribution in [0.3, 0.4) is 0 Å². The van der Waals surface area contributed by atoms with Crippen LogP contribution >= 0.6 is 0 Å². The number of hydrogen-bond donors (Lipinski definition) is 1. The van der Waals surface area contributed by atoms with Gasteiger partial charge in [-0.25, -0.2) is 4.39 Å². The van der Waals surface area contributed by atoms with Crippen molar-refractivity contribution in [2.75, 3.05) is 26.0 Å². The molecule has 1 N–H and O–H groups in total. The van der Waals surface area contributed by atoms with E-state index in [2.05, 4.69) is 5.32 Å². The van der Waals surface area contributed by atoms with E-state index in [0.29, 0.717) is 13.0 Å². The number of amides is 1. The van der Waals surface area contributed by atoms with E-state index in [1.54, 1.807) is 31.1 Å². The summed E-state index contributed by atoms with van der Waals surface area (Å²) in [4.78, 5) is 12.8. The van der Waals surface area contributed by atoms with Gasteiger partial charge in [0, 0.05) is 32.7 Å². The quantitative estimate of drug-likeness (QED) is 0.777. The fourth-order valence-electron chi connectivity index (χ4n) is 1.29. The third-order valence-electron chi connectivity index (χ3n) is 2.22. The van der Waals surface area contributed by atoms with Gasteiger partial charge in [0.25, 0.3) is 0 Å². The van der Waals surface area contributed by atoms with Crippen molar-refractivity contribution in [1.29, 1.82) is 0 Å². The van der Waals surface area contributed by atoms with Crippen molar-refractivity contribution in [2.45, 2.75) is 12.8 Å². The van der Waals surface area contributed by atoms with Crippen LogP contribution in [0.25, 0.3) is 0 Å². The molecule has 4 heteroatoms. The van der Waals surface area contributed by atoms with Crippen LogP contribution in [0.1, 0.15) is 12.8 Å². The van der Waals surface area contributed by atoms with E-state index >= 15 is 0 Å². The molecule has 0 aliphatic rings. The Morgan fingerprint density at radius 3 is 2.81 bits per heavy atom. The summed E-state index contributed by atoms with van der Waals surface area (Å²) < 4.78 is 12.8. The molecule has 1 aromatic carbocycles. The highest BCUT2D eigenvalue weighted by Crippen LogP contribution is 2.09. The molecule has 1 aromatic rings. The lowest BCUT2D eigenvalue weighted by Gasteiger charge is -2.10. The highest BCUT2D eigenvalue weighted by molar-refractivity contribution is 5.75. The Morgan fingerprint density at radius 1 is 1.44 bits per heavy atom. The molecule has 0 spiro atoms. The minimum absolute atomic E-state index is 0.112. The van der Waals surface area contributed by atoms with Crippen LogP contribution in [0.4, 0.5) is 10.1 Å². The molecule has 88 valence electrons. The number of carbonyl (C=O) groups is 1. The van der Waals surface area contributed by atoms with Gasteiger partial charge in [0.1, 0.15) is 5.82 Å². The zero-order chi connectivity index (χ0) is 12.0. The van der Waals surface area contributed by atoms with Gasteiger partial charge < -0.3 is 10.2 Å². The summed E-state index contributed by atoms with van der Waals surface area (Å²) in [6.07, 6.45) is 1.25. The van der Waals surface area contributed by atoms with Crippen LogP contribution in [0.5, 0.6) is 0 Å². The topological polar surface area (TPSA) is 32.3 Å². The van der Waals surface area contributed by atoms with Gasteiger partial charge in [0.15, 0.2) is 0 Å². The molecule has 0 aliphatic heterocycles. The smallest absolute Gasteiger partial charge is 0.222 e. The van der Waals surface area contributed by atoms with Crippen LogP contribution in [-0.4, -0.2) is 31.4 Å². The Labute approximate surface area is 95.3 Å². The monoisotopic (exact) mass is 224 g/mol. The fourth-order valence-corrected chi connectivity index (χ4v) is 1.29. The summed E-state index contributed by atoms with van der Waals surface area (Å²) in [5, 5.41) is 3.07. The van der Waals surface area contributed by atoms with Crippen molar-refractivity contribution in [3.63, 3.8) is 0 Å². The molecule has 0 saturated heterocycles. The second-order valence-corrected chi connectivity index (χ2v) is 3.83. The predicted molar refractivity (Wildman–Crippen MR) is 62.8 cm³/mol. The number of halogens is 1. The first-order chi connectivity index (χ1) is 7.59. The molecule has 1 amide bonds. The van der Waals surface area contributed by atoms with Crippen molar-refractivity contribution in [3.8, 4) is 0 Å². The molecule has 0 fully saturated rings. The molecule has 1 rings (SSSR count). The van der Waals surface area contributed by atoms with Gasteiger partial charge in [-0.15, -0.1) is 0 Å². The maximum Gasteiger partial charge on any atom is 0.222 e. The summed E-state index contributed by atoms with van der Waals surface area (Å²) in [6.45, 7) is 0.670. The molecule has 16 heavy (non-hydrogen) atoms. The molecule has 0 aromatic heterocycles. The number of benzene rings is 1. The van der Waals surface area contributed by atoms with Gasteiger partial charge in [-0.2, -0.15) is 0 Å². The van der Waals surface area contributed by atoms with Gasteiger partial charge in [0.05, 0.1) is 0 Å². The fraction of sp³-hybridized carbons (Fsp3) is 0.417. The molecule has 0 heterocycles. The molecule has 0 saturated carbocycles. The first-order valence-corrected chi connectivity index (χ1v) is 5.29. The molecule has 0 atom stereocenters. The summed E-state index contributed by atoms with van der Waals surface area (Å²) >= 11 is 0. The third kappa shape index (κ3) is 4.29. The van der Waals surface area contributed by atoms with Gasteiger partial charge in [0.2, 0.25) is 5.91 Å². The Bertz CT molecular complexity index is 353. The van der Waals surface area contributed by atoms with Gasteiger partial charge in [-0.05, 0) is 24.6 Å². The zero-order valence-corrected chi connectivity index (χ0v) is 9.66. The number of nitrogens with zero attached hydrogens (tertiary/aromatic N) is 1. The van der Waals surface area contributed by atoms with E-state index in [0.717, 1.165) is 12.1 Å². The summed E-state index contributed by atoms with van der Waals surface area (Å²) in [5.74, 6) is -0.143. The van der Waals surface area contributed by atoms with E-state index in [4.69, 9.17) is 0 Å². The van der Waals surface area contributed by atoms with Crippen LogP contribution in [-0.2, 0) is 4.79 Å². The largest absolute Gasteiger partial charge is 0.385 e. The highest BCUT2D eigenvalue weighted by Gasteiger charge is 2.02. The van der Waals surface area contributed by atoms with Crippen LogP contribution in [0.2, 0.25) is 0 Å². The molecule has 0 aliphatic carbocycles.